The Morgan fingerprint density at radius 1 is 0.805 bits per heavy atom. The molecule has 2 aliphatic carbocycles. The van der Waals surface area contributed by atoms with Crippen LogP contribution in [0.5, 0.6) is 0 Å². The van der Waals surface area contributed by atoms with Crippen LogP contribution in [-0.2, 0) is 5.41 Å². The molecule has 7 heteroatoms. The Hall–Kier alpha value is -4.17. The van der Waals surface area contributed by atoms with E-state index in [4.69, 9.17) is 4.98 Å². The van der Waals surface area contributed by atoms with Gasteiger partial charge in [0.1, 0.15) is 0 Å². The van der Waals surface area contributed by atoms with E-state index in [0.29, 0.717) is 10.4 Å². The van der Waals surface area contributed by atoms with Crippen molar-refractivity contribution in [2.75, 3.05) is 4.90 Å². The van der Waals surface area contributed by atoms with Gasteiger partial charge >= 0.3 is 0 Å². The van der Waals surface area contributed by atoms with Gasteiger partial charge in [-0.1, -0.05) is 50.2 Å². The maximum absolute atomic E-state index is 12.9. The number of aromatic nitrogens is 1. The zero-order valence-electron chi connectivity index (χ0n) is 22.2. The van der Waals surface area contributed by atoms with Crippen LogP contribution in [0.25, 0.3) is 26.0 Å². The van der Waals surface area contributed by atoms with Gasteiger partial charge in [-0.25, -0.2) is 0 Å². The van der Waals surface area contributed by atoms with E-state index in [9.17, 15) is 9.59 Å². The van der Waals surface area contributed by atoms with E-state index in [1.807, 2.05) is 18.3 Å². The Morgan fingerprint density at radius 2 is 1.51 bits per heavy atom. The fourth-order valence-corrected chi connectivity index (χ4v) is 9.75. The Labute approximate surface area is 248 Å². The fourth-order valence-electron chi connectivity index (χ4n) is 5.99. The molecule has 0 N–H and O–H groups in total. The number of nitrogens with zero attached hydrogens (tertiary/aromatic N) is 2. The second-order valence-corrected chi connectivity index (χ2v) is 13.8. The number of anilines is 3. The molecular formula is C34H22N2O2S3. The minimum atomic E-state index is -0.261. The van der Waals surface area contributed by atoms with Crippen molar-refractivity contribution in [2.24, 2.45) is 0 Å². The first kappa shape index (κ1) is 24.6. The summed E-state index contributed by atoms with van der Waals surface area (Å²) < 4.78 is 2.37. The normalized spacial score (nSPS) is 15.9. The van der Waals surface area contributed by atoms with Gasteiger partial charge in [-0.3, -0.25) is 14.6 Å². The number of thiophene rings is 3. The van der Waals surface area contributed by atoms with E-state index >= 15 is 0 Å². The molecule has 41 heavy (non-hydrogen) atoms. The summed E-state index contributed by atoms with van der Waals surface area (Å²) in [6.07, 6.45) is 3.76. The van der Waals surface area contributed by atoms with Crippen molar-refractivity contribution >= 4 is 78.1 Å². The van der Waals surface area contributed by atoms with Crippen LogP contribution >= 0.6 is 34.0 Å². The van der Waals surface area contributed by atoms with Crippen molar-refractivity contribution in [3.63, 3.8) is 0 Å². The zero-order chi connectivity index (χ0) is 27.9. The molecule has 0 aliphatic heterocycles. The number of pyridine rings is 1. The number of hydrogen-bond donors (Lipinski definition) is 0. The Morgan fingerprint density at radius 3 is 2.20 bits per heavy atom. The van der Waals surface area contributed by atoms with Crippen LogP contribution in [0.4, 0.5) is 17.1 Å². The highest BCUT2D eigenvalue weighted by Gasteiger charge is 2.41. The monoisotopic (exact) mass is 586 g/mol. The van der Waals surface area contributed by atoms with E-state index in [0.717, 1.165) is 27.6 Å². The summed E-state index contributed by atoms with van der Waals surface area (Å²) in [4.78, 5) is 35.7. The molecule has 8 rings (SSSR count). The predicted molar refractivity (Wildman–Crippen MR) is 171 cm³/mol. The van der Waals surface area contributed by atoms with Gasteiger partial charge in [0.15, 0.2) is 5.78 Å². The minimum Gasteiger partial charge on any atom is -0.309 e. The lowest BCUT2D eigenvalue weighted by molar-refractivity contribution is 0.0991. The van der Waals surface area contributed by atoms with Gasteiger partial charge in [0, 0.05) is 37.5 Å². The van der Waals surface area contributed by atoms with Gasteiger partial charge in [0.25, 0.3) is 0 Å². The Kier molecular flexibility index (Phi) is 5.35. The van der Waals surface area contributed by atoms with Crippen molar-refractivity contribution in [3.8, 4) is 10.6 Å². The lowest BCUT2D eigenvalue weighted by atomic mass is 9.83. The van der Waals surface area contributed by atoms with Gasteiger partial charge in [0.2, 0.25) is 5.78 Å². The second kappa shape index (κ2) is 8.91. The van der Waals surface area contributed by atoms with Gasteiger partial charge < -0.3 is 4.90 Å². The summed E-state index contributed by atoms with van der Waals surface area (Å²) in [6.45, 7) is 4.54. The largest absolute Gasteiger partial charge is 0.309 e. The number of para-hydroxylation sites is 2. The van der Waals surface area contributed by atoms with Gasteiger partial charge in [0.05, 0.1) is 37.6 Å². The number of Topliss-reactive ketones (excluding diaryl/α,β-unsaturated/α-hetero) is 2. The fraction of sp³-hybridized carbons (Fsp3) is 0.0882. The molecule has 0 amide bonds. The summed E-state index contributed by atoms with van der Waals surface area (Å²) in [5, 5.41) is 1.81. The van der Waals surface area contributed by atoms with E-state index < -0.39 is 0 Å². The molecule has 4 aromatic heterocycles. The number of fused-ring (bicyclic) bond motifs is 6. The van der Waals surface area contributed by atoms with Crippen molar-refractivity contribution in [2.45, 2.75) is 19.3 Å². The Bertz CT molecular complexity index is 1990. The maximum atomic E-state index is 12.9. The summed E-state index contributed by atoms with van der Waals surface area (Å²) in [7, 11) is 0. The van der Waals surface area contributed by atoms with Crippen molar-refractivity contribution in [3.05, 3.63) is 122 Å². The number of benzene rings is 2. The number of rotatable bonds is 4. The lowest BCUT2D eigenvalue weighted by Gasteiger charge is -2.27. The van der Waals surface area contributed by atoms with Gasteiger partial charge in [-0.15, -0.1) is 34.0 Å². The first-order chi connectivity index (χ1) is 19.9. The first-order valence-electron chi connectivity index (χ1n) is 13.3. The molecule has 0 atom stereocenters. The van der Waals surface area contributed by atoms with E-state index in [2.05, 4.69) is 79.4 Å². The molecule has 0 radical (unpaired) electrons. The standard InChI is InChI=1S/C34H22N2O2S3/c1-34(2)25-15-21(36(19-9-5-3-6-10-19)20-11-7-4-8-12-20)18-35-28(25)33-27(34)32-26(41-33)17-22(40-32)16-24-29(37)23-13-14-39-31(23)30(24)38/h3-18H,1-2H3/b24-16-. The number of ketones is 2. The number of hydrogen-bond acceptors (Lipinski definition) is 7. The van der Waals surface area contributed by atoms with Crippen LogP contribution in [0.15, 0.2) is 96.0 Å². The number of carbonyl (C=O) groups excluding carboxylic acids is 2. The molecule has 0 saturated carbocycles. The molecule has 198 valence electrons. The molecule has 2 aromatic carbocycles. The van der Waals surface area contributed by atoms with E-state index in [1.165, 1.54) is 36.7 Å². The predicted octanol–water partition coefficient (Wildman–Crippen LogP) is 9.66. The van der Waals surface area contributed by atoms with Crippen molar-refractivity contribution in [1.29, 1.82) is 0 Å². The molecule has 6 aromatic rings. The highest BCUT2D eigenvalue weighted by Crippen LogP contribution is 2.57. The topological polar surface area (TPSA) is 50.3 Å². The molecule has 4 heterocycles. The third-order valence-electron chi connectivity index (χ3n) is 7.95. The molecule has 0 unspecified atom stereocenters. The first-order valence-corrected chi connectivity index (χ1v) is 15.8. The third kappa shape index (κ3) is 3.59. The lowest BCUT2D eigenvalue weighted by Crippen LogP contribution is -2.17. The molecular weight excluding hydrogens is 565 g/mol. The van der Waals surface area contributed by atoms with E-state index in [-0.39, 0.29) is 22.6 Å². The summed E-state index contributed by atoms with van der Waals surface area (Å²) >= 11 is 4.74. The Balaban J connectivity index is 1.21. The SMILES string of the molecule is CC1(C)c2cc(N(c3ccccc3)c3ccccc3)cnc2-c2sc3cc(/C=C4/C(=O)c5ccsc5C4=O)sc3c21. The minimum absolute atomic E-state index is 0.159. The van der Waals surface area contributed by atoms with Crippen LogP contribution in [0.3, 0.4) is 0 Å². The highest BCUT2D eigenvalue weighted by atomic mass is 32.1. The smallest absolute Gasteiger partial charge is 0.207 e. The van der Waals surface area contributed by atoms with Crippen LogP contribution in [0, 0.1) is 0 Å². The van der Waals surface area contributed by atoms with Crippen LogP contribution in [0.1, 0.15) is 49.9 Å². The van der Waals surface area contributed by atoms with Crippen LogP contribution < -0.4 is 4.90 Å². The van der Waals surface area contributed by atoms with Crippen LogP contribution in [0.2, 0.25) is 0 Å². The molecule has 0 saturated heterocycles. The molecule has 0 bridgehead atoms. The molecule has 0 fully saturated rings. The number of allylic oxidation sites excluding steroid dienone is 1. The summed E-state index contributed by atoms with van der Waals surface area (Å²) in [5.74, 6) is -0.327. The zero-order valence-corrected chi connectivity index (χ0v) is 24.6. The quantitative estimate of drug-likeness (QED) is 0.152. The summed E-state index contributed by atoms with van der Waals surface area (Å²) in [5.41, 5.74) is 7.23. The summed E-state index contributed by atoms with van der Waals surface area (Å²) in [6, 6.07) is 26.9. The second-order valence-electron chi connectivity index (χ2n) is 10.7. The molecule has 2 aliphatic rings. The van der Waals surface area contributed by atoms with E-state index in [1.54, 1.807) is 40.2 Å². The highest BCUT2D eigenvalue weighted by molar-refractivity contribution is 7.30. The number of carbonyl (C=O) groups is 2. The third-order valence-corrected chi connectivity index (χ3v) is 11.2. The average Bonchev–Trinajstić information content (AvgIpc) is 3.77. The average molecular weight is 587 g/mol. The van der Waals surface area contributed by atoms with Crippen molar-refractivity contribution < 1.29 is 9.59 Å². The van der Waals surface area contributed by atoms with Gasteiger partial charge in [-0.05, 0) is 59.5 Å². The maximum Gasteiger partial charge on any atom is 0.207 e. The van der Waals surface area contributed by atoms with Crippen molar-refractivity contribution in [1.82, 2.24) is 4.98 Å². The molecule has 4 nitrogen and oxygen atoms in total. The van der Waals surface area contributed by atoms with Crippen LogP contribution in [-0.4, -0.2) is 16.6 Å². The molecule has 0 spiro atoms. The van der Waals surface area contributed by atoms with Gasteiger partial charge in [-0.2, -0.15) is 0 Å².